The maximum Gasteiger partial charge on any atom is 0.239 e. The van der Waals surface area contributed by atoms with E-state index in [2.05, 4.69) is 0 Å². The van der Waals surface area contributed by atoms with Gasteiger partial charge in [0.25, 0.3) is 0 Å². The first-order valence-corrected chi connectivity index (χ1v) is 4.90. The summed E-state index contributed by atoms with van der Waals surface area (Å²) in [5.74, 6) is -1.48. The highest BCUT2D eigenvalue weighted by atomic mass is 16.1. The fourth-order valence-electron chi connectivity index (χ4n) is 1.69. The molecular weight excluding hydrogens is 200 g/mol. The second-order valence-corrected chi connectivity index (χ2v) is 3.57. The van der Waals surface area contributed by atoms with Gasteiger partial charge in [0.2, 0.25) is 5.91 Å². The molecule has 0 bridgehead atoms. The molecule has 78 valence electrons. The molecule has 0 spiro atoms. The van der Waals surface area contributed by atoms with E-state index in [1.807, 2.05) is 42.5 Å². The van der Waals surface area contributed by atoms with Crippen LogP contribution >= 0.6 is 0 Å². The molecule has 2 rings (SSSR count). The first-order valence-electron chi connectivity index (χ1n) is 4.90. The second-order valence-electron chi connectivity index (χ2n) is 3.57. The third kappa shape index (κ3) is 1.73. The lowest BCUT2D eigenvalue weighted by Gasteiger charge is -2.06. The van der Waals surface area contributed by atoms with Gasteiger partial charge in [0.05, 0.1) is 6.07 Å². The SMILES string of the molecule is N#C[C@@H](C(N)=O)c1ccc2ccccc2c1. The van der Waals surface area contributed by atoms with Crippen LogP contribution in [-0.2, 0) is 4.79 Å². The Bertz CT molecular complexity index is 584. The third-order valence-electron chi connectivity index (χ3n) is 2.52. The monoisotopic (exact) mass is 210 g/mol. The van der Waals surface area contributed by atoms with Gasteiger partial charge in [-0.2, -0.15) is 5.26 Å². The van der Waals surface area contributed by atoms with Gasteiger partial charge < -0.3 is 5.73 Å². The van der Waals surface area contributed by atoms with Crippen LogP contribution in [0.3, 0.4) is 0 Å². The van der Waals surface area contributed by atoms with E-state index < -0.39 is 11.8 Å². The number of nitrogens with zero attached hydrogens (tertiary/aromatic N) is 1. The van der Waals surface area contributed by atoms with Crippen molar-refractivity contribution < 1.29 is 4.79 Å². The summed E-state index contributed by atoms with van der Waals surface area (Å²) in [5.41, 5.74) is 5.81. The van der Waals surface area contributed by atoms with Crippen molar-refractivity contribution in [1.29, 1.82) is 5.26 Å². The summed E-state index contributed by atoms with van der Waals surface area (Å²) >= 11 is 0. The zero-order valence-electron chi connectivity index (χ0n) is 8.55. The highest BCUT2D eigenvalue weighted by Crippen LogP contribution is 2.21. The van der Waals surface area contributed by atoms with Crippen molar-refractivity contribution in [2.24, 2.45) is 5.73 Å². The maximum atomic E-state index is 11.1. The van der Waals surface area contributed by atoms with Crippen molar-refractivity contribution >= 4 is 16.7 Å². The Morgan fingerprint density at radius 3 is 2.50 bits per heavy atom. The molecule has 3 heteroatoms. The van der Waals surface area contributed by atoms with E-state index in [0.717, 1.165) is 10.8 Å². The molecular formula is C13H10N2O. The minimum atomic E-state index is -0.871. The minimum absolute atomic E-state index is 0.613. The largest absolute Gasteiger partial charge is 0.368 e. The molecule has 0 unspecified atom stereocenters. The van der Waals surface area contributed by atoms with Crippen LogP contribution in [0.15, 0.2) is 42.5 Å². The van der Waals surface area contributed by atoms with Crippen molar-refractivity contribution in [3.63, 3.8) is 0 Å². The standard InChI is InChI=1S/C13H10N2O/c14-8-12(13(15)16)11-6-5-9-3-1-2-4-10(9)7-11/h1-7,12H,(H2,15,16)/t12-/m1/s1. The predicted octanol–water partition coefficient (Wildman–Crippen LogP) is 1.93. The van der Waals surface area contributed by atoms with E-state index in [-0.39, 0.29) is 0 Å². The summed E-state index contributed by atoms with van der Waals surface area (Å²) in [5, 5.41) is 10.9. The van der Waals surface area contributed by atoms with Gasteiger partial charge >= 0.3 is 0 Å². The topological polar surface area (TPSA) is 66.9 Å². The van der Waals surface area contributed by atoms with Crippen LogP contribution in [0.2, 0.25) is 0 Å². The maximum absolute atomic E-state index is 11.1. The lowest BCUT2D eigenvalue weighted by atomic mass is 9.97. The number of rotatable bonds is 2. The normalized spacial score (nSPS) is 11.9. The molecule has 0 radical (unpaired) electrons. The Morgan fingerprint density at radius 1 is 1.19 bits per heavy atom. The fraction of sp³-hybridized carbons (Fsp3) is 0.0769. The zero-order valence-corrected chi connectivity index (χ0v) is 8.55. The summed E-state index contributed by atoms with van der Waals surface area (Å²) < 4.78 is 0. The average Bonchev–Trinajstić information content (AvgIpc) is 2.29. The summed E-state index contributed by atoms with van der Waals surface area (Å²) in [6.07, 6.45) is 0. The zero-order chi connectivity index (χ0) is 11.5. The number of fused-ring (bicyclic) bond motifs is 1. The van der Waals surface area contributed by atoms with Gasteiger partial charge in [-0.1, -0.05) is 36.4 Å². The number of carbonyl (C=O) groups is 1. The molecule has 0 aliphatic carbocycles. The third-order valence-corrected chi connectivity index (χ3v) is 2.52. The lowest BCUT2D eigenvalue weighted by Crippen LogP contribution is -2.19. The van der Waals surface area contributed by atoms with E-state index in [1.54, 1.807) is 6.07 Å². The number of hydrogen-bond donors (Lipinski definition) is 1. The van der Waals surface area contributed by atoms with Crippen LogP contribution in [0, 0.1) is 11.3 Å². The Labute approximate surface area is 93.1 Å². The number of carbonyl (C=O) groups excluding carboxylic acids is 1. The van der Waals surface area contributed by atoms with Crippen LogP contribution in [0.4, 0.5) is 0 Å². The second kappa shape index (κ2) is 4.03. The van der Waals surface area contributed by atoms with Gasteiger partial charge in [-0.05, 0) is 22.4 Å². The number of primary amides is 1. The highest BCUT2D eigenvalue weighted by Gasteiger charge is 2.16. The predicted molar refractivity (Wildman–Crippen MR) is 61.5 cm³/mol. The summed E-state index contributed by atoms with van der Waals surface area (Å²) in [6, 6.07) is 15.2. The van der Waals surface area contributed by atoms with Crippen molar-refractivity contribution in [1.82, 2.24) is 0 Å². The molecule has 2 N–H and O–H groups in total. The van der Waals surface area contributed by atoms with Gasteiger partial charge in [0.15, 0.2) is 0 Å². The molecule has 0 saturated heterocycles. The van der Waals surface area contributed by atoms with Crippen molar-refractivity contribution in [3.05, 3.63) is 48.0 Å². The Morgan fingerprint density at radius 2 is 1.88 bits per heavy atom. The molecule has 1 amide bonds. The quantitative estimate of drug-likeness (QED) is 0.822. The van der Waals surface area contributed by atoms with E-state index in [4.69, 9.17) is 11.0 Å². The number of nitrogens with two attached hydrogens (primary N) is 1. The van der Waals surface area contributed by atoms with Gasteiger partial charge in [-0.25, -0.2) is 0 Å². The number of nitriles is 1. The summed E-state index contributed by atoms with van der Waals surface area (Å²) in [7, 11) is 0. The molecule has 0 saturated carbocycles. The average molecular weight is 210 g/mol. The van der Waals surface area contributed by atoms with Crippen molar-refractivity contribution in [2.75, 3.05) is 0 Å². The number of hydrogen-bond acceptors (Lipinski definition) is 2. The summed E-state index contributed by atoms with van der Waals surface area (Å²) in [4.78, 5) is 11.1. The van der Waals surface area contributed by atoms with Crippen molar-refractivity contribution in [2.45, 2.75) is 5.92 Å². The molecule has 0 aromatic heterocycles. The van der Waals surface area contributed by atoms with Gasteiger partial charge in [0, 0.05) is 0 Å². The van der Waals surface area contributed by atoms with Crippen LogP contribution in [0.25, 0.3) is 10.8 Å². The molecule has 0 fully saturated rings. The van der Waals surface area contributed by atoms with Crippen LogP contribution in [0.5, 0.6) is 0 Å². The molecule has 3 nitrogen and oxygen atoms in total. The van der Waals surface area contributed by atoms with E-state index >= 15 is 0 Å². The molecule has 2 aromatic carbocycles. The first-order chi connectivity index (χ1) is 7.72. The van der Waals surface area contributed by atoms with Crippen LogP contribution in [-0.4, -0.2) is 5.91 Å². The highest BCUT2D eigenvalue weighted by molar-refractivity contribution is 5.88. The van der Waals surface area contributed by atoms with E-state index in [1.165, 1.54) is 0 Å². The molecule has 1 atom stereocenters. The molecule has 0 aliphatic rings. The molecule has 0 heterocycles. The number of benzene rings is 2. The van der Waals surface area contributed by atoms with Gasteiger partial charge in [-0.15, -0.1) is 0 Å². The van der Waals surface area contributed by atoms with Crippen LogP contribution in [0.1, 0.15) is 11.5 Å². The minimum Gasteiger partial charge on any atom is -0.368 e. The van der Waals surface area contributed by atoms with E-state index in [0.29, 0.717) is 5.56 Å². The molecule has 0 aliphatic heterocycles. The van der Waals surface area contributed by atoms with Gasteiger partial charge in [-0.3, -0.25) is 4.79 Å². The lowest BCUT2D eigenvalue weighted by molar-refractivity contribution is -0.118. The molecule has 2 aromatic rings. The van der Waals surface area contributed by atoms with Crippen LogP contribution < -0.4 is 5.73 Å². The Balaban J connectivity index is 2.55. The fourth-order valence-corrected chi connectivity index (χ4v) is 1.69. The Hall–Kier alpha value is -2.34. The first kappa shape index (κ1) is 10.2. The smallest absolute Gasteiger partial charge is 0.239 e. The number of amides is 1. The molecule has 16 heavy (non-hydrogen) atoms. The van der Waals surface area contributed by atoms with Gasteiger partial charge in [0.1, 0.15) is 5.92 Å². The summed E-state index contributed by atoms with van der Waals surface area (Å²) in [6.45, 7) is 0. The van der Waals surface area contributed by atoms with Crippen molar-refractivity contribution in [3.8, 4) is 6.07 Å². The Kier molecular flexibility index (Phi) is 2.57. The van der Waals surface area contributed by atoms with E-state index in [9.17, 15) is 4.79 Å².